The summed E-state index contributed by atoms with van der Waals surface area (Å²) in [7, 11) is 0. The first-order valence-corrected chi connectivity index (χ1v) is 5.80. The maximum Gasteiger partial charge on any atom is 0.132 e. The number of carbonyl (C=O) groups excluding carboxylic acids is 1. The molecule has 0 aromatic heterocycles. The van der Waals surface area contributed by atoms with Crippen LogP contribution in [0.1, 0.15) is 39.5 Å². The zero-order valence-electron chi connectivity index (χ0n) is 9.50. The number of benzene rings is 1. The highest BCUT2D eigenvalue weighted by Gasteiger charge is 1.94. The molecule has 15 heavy (non-hydrogen) atoms. The molecule has 0 amide bonds. The smallest absolute Gasteiger partial charge is 0.132 e. The Morgan fingerprint density at radius 3 is 1.80 bits per heavy atom. The number of Topliss-reactive ketones (excluding diaryl/α,β-unsaturated/α-hetero) is 1. The van der Waals surface area contributed by atoms with Crippen LogP contribution in [0.3, 0.4) is 0 Å². The molecule has 0 saturated carbocycles. The predicted octanol–water partition coefficient (Wildman–Crippen LogP) is 4.50. The summed E-state index contributed by atoms with van der Waals surface area (Å²) in [6.07, 6.45) is 3.54. The summed E-state index contributed by atoms with van der Waals surface area (Å²) in [6, 6.07) is 9.44. The highest BCUT2D eigenvalue weighted by Crippen LogP contribution is 2.03. The van der Waals surface area contributed by atoms with Crippen LogP contribution in [0.2, 0.25) is 5.02 Å². The van der Waals surface area contributed by atoms with Gasteiger partial charge in [-0.3, -0.25) is 4.79 Å². The highest BCUT2D eigenvalue weighted by molar-refractivity contribution is 6.30. The fourth-order valence-corrected chi connectivity index (χ4v) is 1.24. The number of rotatable bonds is 4. The molecule has 0 spiro atoms. The molecular weight excluding hydrogens is 208 g/mol. The number of ketones is 1. The number of hydrogen-bond donors (Lipinski definition) is 0. The standard InChI is InChI=1S/C7H14O.C6H5Cl/c1-3-5-7(8)6-4-2;7-6-4-2-1-3-5-6/h3-6H2,1-2H3;1-5H. The molecule has 0 unspecified atom stereocenters. The second kappa shape index (κ2) is 9.72. The van der Waals surface area contributed by atoms with E-state index in [1.807, 2.05) is 44.2 Å². The van der Waals surface area contributed by atoms with E-state index in [2.05, 4.69) is 0 Å². The molecule has 0 heterocycles. The largest absolute Gasteiger partial charge is 0.300 e. The van der Waals surface area contributed by atoms with Crippen LogP contribution in [0.15, 0.2) is 30.3 Å². The van der Waals surface area contributed by atoms with Crippen molar-refractivity contribution in [2.75, 3.05) is 0 Å². The summed E-state index contributed by atoms with van der Waals surface area (Å²) in [5, 5.41) is 0.794. The molecule has 0 fully saturated rings. The Kier molecular flexibility index (Phi) is 9.19. The molecular formula is C13H19ClO. The van der Waals surface area contributed by atoms with E-state index in [9.17, 15) is 4.79 Å². The molecule has 2 heteroatoms. The molecule has 0 saturated heterocycles. The predicted molar refractivity (Wildman–Crippen MR) is 66.3 cm³/mol. The Morgan fingerprint density at radius 2 is 1.53 bits per heavy atom. The number of halogens is 1. The molecule has 0 radical (unpaired) electrons. The van der Waals surface area contributed by atoms with E-state index in [1.165, 1.54) is 0 Å². The van der Waals surface area contributed by atoms with Crippen molar-refractivity contribution in [1.29, 1.82) is 0 Å². The highest BCUT2D eigenvalue weighted by atomic mass is 35.5. The summed E-state index contributed by atoms with van der Waals surface area (Å²) in [4.78, 5) is 10.6. The fourth-order valence-electron chi connectivity index (χ4n) is 1.10. The SMILES string of the molecule is CCCC(=O)CCC.Clc1ccccc1. The van der Waals surface area contributed by atoms with Gasteiger partial charge in [-0.05, 0) is 25.0 Å². The lowest BCUT2D eigenvalue weighted by molar-refractivity contribution is -0.119. The van der Waals surface area contributed by atoms with Gasteiger partial charge in [0.25, 0.3) is 0 Å². The monoisotopic (exact) mass is 226 g/mol. The molecule has 0 aliphatic rings. The van der Waals surface area contributed by atoms with Crippen molar-refractivity contribution < 1.29 is 4.79 Å². The fraction of sp³-hybridized carbons (Fsp3) is 0.462. The lowest BCUT2D eigenvalue weighted by Gasteiger charge is -1.91. The van der Waals surface area contributed by atoms with Gasteiger partial charge in [-0.2, -0.15) is 0 Å². The summed E-state index contributed by atoms with van der Waals surface area (Å²) in [5.74, 6) is 0.412. The van der Waals surface area contributed by atoms with E-state index < -0.39 is 0 Å². The molecule has 0 bridgehead atoms. The molecule has 1 rings (SSSR count). The average Bonchev–Trinajstić information content (AvgIpc) is 2.20. The molecule has 1 aromatic rings. The van der Waals surface area contributed by atoms with E-state index in [0.29, 0.717) is 5.78 Å². The van der Waals surface area contributed by atoms with E-state index in [0.717, 1.165) is 30.7 Å². The Labute approximate surface area is 97.5 Å². The normalized spacial score (nSPS) is 9.00. The van der Waals surface area contributed by atoms with Gasteiger partial charge in [0.15, 0.2) is 0 Å². The van der Waals surface area contributed by atoms with Crippen molar-refractivity contribution >= 4 is 17.4 Å². The minimum Gasteiger partial charge on any atom is -0.300 e. The summed E-state index contributed by atoms with van der Waals surface area (Å²) in [6.45, 7) is 4.07. The van der Waals surface area contributed by atoms with Gasteiger partial charge in [-0.25, -0.2) is 0 Å². The molecule has 0 aliphatic carbocycles. The third kappa shape index (κ3) is 9.48. The molecule has 1 aromatic carbocycles. The molecule has 1 nitrogen and oxygen atoms in total. The van der Waals surface area contributed by atoms with Crippen LogP contribution >= 0.6 is 11.6 Å². The lowest BCUT2D eigenvalue weighted by Crippen LogP contribution is -1.93. The zero-order valence-corrected chi connectivity index (χ0v) is 10.3. The van der Waals surface area contributed by atoms with Gasteiger partial charge in [0.1, 0.15) is 5.78 Å². The first-order chi connectivity index (χ1) is 7.20. The molecule has 84 valence electrons. The van der Waals surface area contributed by atoms with Gasteiger partial charge in [-0.15, -0.1) is 0 Å². The van der Waals surface area contributed by atoms with Crippen molar-refractivity contribution in [1.82, 2.24) is 0 Å². The maximum absolute atomic E-state index is 10.6. The third-order valence-corrected chi connectivity index (χ3v) is 2.04. The number of hydrogen-bond acceptors (Lipinski definition) is 1. The molecule has 0 atom stereocenters. The van der Waals surface area contributed by atoms with E-state index >= 15 is 0 Å². The van der Waals surface area contributed by atoms with Crippen LogP contribution in [0.25, 0.3) is 0 Å². The average molecular weight is 227 g/mol. The zero-order chi connectivity index (χ0) is 11.5. The van der Waals surface area contributed by atoms with Gasteiger partial charge < -0.3 is 0 Å². The Bertz CT molecular complexity index is 248. The maximum atomic E-state index is 10.6. The summed E-state index contributed by atoms with van der Waals surface area (Å²) >= 11 is 5.54. The van der Waals surface area contributed by atoms with Gasteiger partial charge in [-0.1, -0.05) is 43.6 Å². The van der Waals surface area contributed by atoms with Crippen LogP contribution < -0.4 is 0 Å². The quantitative estimate of drug-likeness (QED) is 0.739. The topological polar surface area (TPSA) is 17.1 Å². The molecule has 0 aliphatic heterocycles. The van der Waals surface area contributed by atoms with Crippen LogP contribution in [-0.4, -0.2) is 5.78 Å². The third-order valence-electron chi connectivity index (χ3n) is 1.79. The van der Waals surface area contributed by atoms with Gasteiger partial charge >= 0.3 is 0 Å². The van der Waals surface area contributed by atoms with Gasteiger partial charge in [0.05, 0.1) is 0 Å². The van der Waals surface area contributed by atoms with Gasteiger partial charge in [0, 0.05) is 17.9 Å². The van der Waals surface area contributed by atoms with Crippen LogP contribution in [0, 0.1) is 0 Å². The second-order valence-corrected chi connectivity index (χ2v) is 3.77. The van der Waals surface area contributed by atoms with Crippen LogP contribution in [0.5, 0.6) is 0 Å². The van der Waals surface area contributed by atoms with Gasteiger partial charge in [0.2, 0.25) is 0 Å². The Hall–Kier alpha value is -0.820. The van der Waals surface area contributed by atoms with E-state index in [-0.39, 0.29) is 0 Å². The van der Waals surface area contributed by atoms with Crippen LogP contribution in [-0.2, 0) is 4.79 Å². The second-order valence-electron chi connectivity index (χ2n) is 3.33. The minimum atomic E-state index is 0.412. The minimum absolute atomic E-state index is 0.412. The Morgan fingerprint density at radius 1 is 1.07 bits per heavy atom. The summed E-state index contributed by atoms with van der Waals surface area (Å²) < 4.78 is 0. The van der Waals surface area contributed by atoms with Crippen LogP contribution in [0.4, 0.5) is 0 Å². The first kappa shape index (κ1) is 14.2. The van der Waals surface area contributed by atoms with Crippen molar-refractivity contribution in [2.24, 2.45) is 0 Å². The lowest BCUT2D eigenvalue weighted by atomic mass is 10.1. The first-order valence-electron chi connectivity index (χ1n) is 5.43. The molecule has 0 N–H and O–H groups in total. The Balaban J connectivity index is 0.000000262. The number of carbonyl (C=O) groups is 1. The van der Waals surface area contributed by atoms with Crippen molar-refractivity contribution in [3.05, 3.63) is 35.4 Å². The van der Waals surface area contributed by atoms with Crippen molar-refractivity contribution in [3.8, 4) is 0 Å². The van der Waals surface area contributed by atoms with E-state index in [4.69, 9.17) is 11.6 Å². The summed E-state index contributed by atoms with van der Waals surface area (Å²) in [5.41, 5.74) is 0. The van der Waals surface area contributed by atoms with E-state index in [1.54, 1.807) is 0 Å². The van der Waals surface area contributed by atoms with Crippen molar-refractivity contribution in [2.45, 2.75) is 39.5 Å². The van der Waals surface area contributed by atoms with Crippen molar-refractivity contribution in [3.63, 3.8) is 0 Å².